The van der Waals surface area contributed by atoms with Gasteiger partial charge in [-0.15, -0.1) is 0 Å². The fraction of sp³-hybridized carbons (Fsp3) is 0.632. The fourth-order valence-electron chi connectivity index (χ4n) is 12.2. The minimum absolute atomic E-state index is 0.0160. The third-order valence-electron chi connectivity index (χ3n) is 18.8. The summed E-state index contributed by atoms with van der Waals surface area (Å²) < 4.78 is 0. The van der Waals surface area contributed by atoms with Gasteiger partial charge in [0.15, 0.2) is 0 Å². The Balaban J connectivity index is 1.37. The lowest BCUT2D eigenvalue weighted by Crippen LogP contribution is -2.67. The fourth-order valence-corrected chi connectivity index (χ4v) is 12.2. The molecule has 18 N–H and O–H groups in total. The maximum absolute atomic E-state index is 14.5. The second-order valence-corrected chi connectivity index (χ2v) is 33.1. The van der Waals surface area contributed by atoms with Crippen molar-refractivity contribution in [2.45, 2.75) is 270 Å². The van der Waals surface area contributed by atoms with Crippen LogP contribution in [0.3, 0.4) is 0 Å². The minimum atomic E-state index is -1.90. The Bertz CT molecular complexity index is 3750. The normalized spacial score (nSPS) is 17.6. The number of aliphatic hydroxyl groups is 3. The van der Waals surface area contributed by atoms with Crippen molar-refractivity contribution in [2.75, 3.05) is 26.2 Å². The summed E-state index contributed by atoms with van der Waals surface area (Å²) in [7, 11) is 0. The second kappa shape index (κ2) is 38.7. The molecule has 111 heavy (non-hydrogen) atoms. The van der Waals surface area contributed by atoms with E-state index in [9.17, 15) is 92.0 Å². The average Bonchev–Trinajstić information content (AvgIpc) is 1.70. The van der Waals surface area contributed by atoms with Gasteiger partial charge in [0.05, 0.1) is 31.4 Å². The first-order valence-electron chi connectivity index (χ1n) is 37.0. The zero-order valence-corrected chi connectivity index (χ0v) is 67.2. The van der Waals surface area contributed by atoms with Gasteiger partial charge in [-0.1, -0.05) is 88.4 Å². The summed E-state index contributed by atoms with van der Waals surface area (Å²) in [5.41, 5.74) is -5.25. The van der Waals surface area contributed by atoms with Gasteiger partial charge in [0.25, 0.3) is 0 Å². The summed E-state index contributed by atoms with van der Waals surface area (Å²) in [4.78, 5) is 222. The zero-order chi connectivity index (χ0) is 84.4. The van der Waals surface area contributed by atoms with E-state index in [1.165, 1.54) is 104 Å². The number of hydrogen-bond donors (Lipinski definition) is 17. The molecular formula is C76H118N16O19. The van der Waals surface area contributed by atoms with E-state index in [0.29, 0.717) is 0 Å². The number of primary amides is 1. The molecule has 0 spiro atoms. The van der Waals surface area contributed by atoms with Crippen LogP contribution in [-0.4, -0.2) is 239 Å². The van der Waals surface area contributed by atoms with Crippen LogP contribution in [0.5, 0.6) is 0 Å². The van der Waals surface area contributed by atoms with Gasteiger partial charge in [0.1, 0.15) is 75.0 Å². The molecule has 2 aromatic rings. The van der Waals surface area contributed by atoms with E-state index in [-0.39, 0.29) is 44.6 Å². The zero-order valence-electron chi connectivity index (χ0n) is 67.2. The molecular weight excluding hydrogens is 1440 g/mol. The minimum Gasteiger partial charge on any atom is -0.394 e. The third-order valence-corrected chi connectivity index (χ3v) is 18.8. The predicted octanol–water partition coefficient (Wildman–Crippen LogP) is -2.82. The average molecular weight is 1560 g/mol. The summed E-state index contributed by atoms with van der Waals surface area (Å²) in [6, 6.07) is 9.11. The molecule has 616 valence electrons. The standard InChI is InChI=1S/C76H118N16O19/c1-41(2)32-50(81-55(98)37-78-62(104)56(42(3)4)83-64(106)71(8,9)88-67(109)74(14,15)89-65(107)72(10,11)85-59(101)51(79-43(5)94)34-45-28-24-21-25-29-45)58(100)84-73(12,13)66(108)90-76(18,19)69(111)91-38-47(95)35-52(91)60(102)82-49(30-31-54(77)97)57(99)86-75(16,17)68(110)92-39-48(96)36-53(92)61(103)87-70(6,7)63(105)80-46(40-93)33-44-26-22-20-23-27-44/h20-29,41-42,46-53,56,93,95-96H,30-40H2,1-19H3,(H2,77,97)(H,78,104)(H,79,94)(H,80,105)(H,81,98)(H,82,102)(H,83,106)(H,84,100)(H,85,101)(H,86,99)(H,87,103)(H,88,109)(H,89,107)(H,90,108)/t46-,47+,48+,49-,50?,51-,52-,53-,56?/m0/s1. The topological polar surface area (TPSA) is 523 Å². The Morgan fingerprint density at radius 1 is 0.459 bits per heavy atom. The van der Waals surface area contributed by atoms with Gasteiger partial charge in [0.2, 0.25) is 94.5 Å². The smallest absolute Gasteiger partial charge is 0.248 e. The number of aliphatic hydroxyl groups excluding tert-OH is 3. The van der Waals surface area contributed by atoms with Crippen molar-refractivity contribution in [2.24, 2.45) is 17.6 Å². The molecule has 4 rings (SSSR count). The van der Waals surface area contributed by atoms with Crippen LogP contribution >= 0.6 is 0 Å². The number of nitrogens with one attached hydrogen (secondary N) is 13. The van der Waals surface area contributed by atoms with Gasteiger partial charge in [-0.25, -0.2) is 0 Å². The molecule has 2 fully saturated rings. The number of hydrogen-bond acceptors (Lipinski definition) is 19. The molecule has 2 saturated heterocycles. The summed E-state index contributed by atoms with van der Waals surface area (Å²) in [5.74, 6) is -14.0. The summed E-state index contributed by atoms with van der Waals surface area (Å²) in [5, 5.41) is 65.5. The van der Waals surface area contributed by atoms with E-state index >= 15 is 0 Å². The number of β-amino-alcohol motifs (C(OH)–C–C–N with tert-alkyl or cyclic N) is 2. The van der Waals surface area contributed by atoms with Crippen LogP contribution in [-0.2, 0) is 89.6 Å². The van der Waals surface area contributed by atoms with Crippen LogP contribution in [0.25, 0.3) is 0 Å². The number of nitrogens with zero attached hydrogens (tertiary/aromatic N) is 2. The lowest BCUT2D eigenvalue weighted by molar-refractivity contribution is -0.147. The van der Waals surface area contributed by atoms with E-state index < -0.39 is 226 Å². The highest BCUT2D eigenvalue weighted by Crippen LogP contribution is 2.27. The van der Waals surface area contributed by atoms with E-state index in [4.69, 9.17) is 5.73 Å². The maximum Gasteiger partial charge on any atom is 0.248 e. The molecule has 2 aliphatic heterocycles. The monoisotopic (exact) mass is 1560 g/mol. The number of amides is 16. The van der Waals surface area contributed by atoms with Crippen LogP contribution in [0.1, 0.15) is 175 Å². The Kier molecular flexibility index (Phi) is 32.5. The summed E-state index contributed by atoms with van der Waals surface area (Å²) in [6.07, 6.45) is -3.63. The Hall–Kier alpha value is -10.2. The van der Waals surface area contributed by atoms with Gasteiger partial charge in [0, 0.05) is 45.7 Å². The van der Waals surface area contributed by atoms with Gasteiger partial charge >= 0.3 is 0 Å². The number of nitrogens with two attached hydrogens (primary N) is 1. The molecule has 0 radical (unpaired) electrons. The Labute approximate surface area is 648 Å². The molecule has 0 saturated carbocycles. The van der Waals surface area contributed by atoms with E-state index in [0.717, 1.165) is 20.9 Å². The molecule has 2 aromatic carbocycles. The molecule has 35 nitrogen and oxygen atoms in total. The quantitative estimate of drug-likeness (QED) is 0.0322. The number of rotatable bonds is 38. The van der Waals surface area contributed by atoms with Gasteiger partial charge in [-0.2, -0.15) is 0 Å². The van der Waals surface area contributed by atoms with Crippen molar-refractivity contribution in [1.29, 1.82) is 0 Å². The van der Waals surface area contributed by atoms with Crippen LogP contribution in [0, 0.1) is 11.8 Å². The van der Waals surface area contributed by atoms with Gasteiger partial charge < -0.3 is 100.0 Å². The highest BCUT2D eigenvalue weighted by Gasteiger charge is 2.50. The number of likely N-dealkylation sites (tertiary alicyclic amines) is 2. The van der Waals surface area contributed by atoms with E-state index in [1.807, 2.05) is 18.2 Å². The molecule has 2 unspecified atom stereocenters. The number of carbonyl (C=O) groups excluding carboxylic acids is 16. The first kappa shape index (κ1) is 93.2. The molecule has 0 bridgehead atoms. The highest BCUT2D eigenvalue weighted by atomic mass is 16.3. The Morgan fingerprint density at radius 3 is 1.31 bits per heavy atom. The molecule has 35 heteroatoms. The van der Waals surface area contributed by atoms with E-state index in [1.54, 1.807) is 70.2 Å². The first-order valence-corrected chi connectivity index (χ1v) is 37.0. The van der Waals surface area contributed by atoms with Gasteiger partial charge in [-0.05, 0) is 139 Å². The lowest BCUT2D eigenvalue weighted by atomic mass is 9.95. The first-order chi connectivity index (χ1) is 51.1. The van der Waals surface area contributed by atoms with Crippen molar-refractivity contribution in [3.8, 4) is 0 Å². The summed E-state index contributed by atoms with van der Waals surface area (Å²) >= 11 is 0. The second-order valence-electron chi connectivity index (χ2n) is 33.1. The maximum atomic E-state index is 14.5. The largest absolute Gasteiger partial charge is 0.394 e. The van der Waals surface area contributed by atoms with Crippen molar-refractivity contribution >= 4 is 94.5 Å². The van der Waals surface area contributed by atoms with Crippen LogP contribution in [0.15, 0.2) is 60.7 Å². The molecule has 2 heterocycles. The molecule has 0 aliphatic carbocycles. The molecule has 16 amide bonds. The van der Waals surface area contributed by atoms with Crippen LogP contribution in [0.2, 0.25) is 0 Å². The number of benzene rings is 2. The molecule has 2 aliphatic rings. The van der Waals surface area contributed by atoms with Gasteiger partial charge in [-0.3, -0.25) is 76.7 Å². The van der Waals surface area contributed by atoms with E-state index in [2.05, 4.69) is 69.1 Å². The summed E-state index contributed by atoms with van der Waals surface area (Å²) in [6.45, 7) is 24.9. The Morgan fingerprint density at radius 2 is 0.856 bits per heavy atom. The van der Waals surface area contributed by atoms with Crippen molar-refractivity contribution in [3.63, 3.8) is 0 Å². The van der Waals surface area contributed by atoms with Crippen LogP contribution < -0.4 is 74.9 Å². The lowest BCUT2D eigenvalue weighted by Gasteiger charge is -2.37. The predicted molar refractivity (Wildman–Crippen MR) is 406 cm³/mol. The third kappa shape index (κ3) is 27.4. The molecule has 9 atom stereocenters. The van der Waals surface area contributed by atoms with Crippen LogP contribution in [0.4, 0.5) is 0 Å². The SMILES string of the molecule is CC(=O)N[C@@H](Cc1ccccc1)C(=O)NC(C)(C)C(=O)NC(C)(C)C(=O)NC(C)(C)C(=O)NC(C(=O)NCC(=O)NC(CC(C)C)C(=O)NC(C)(C)C(=O)NC(C)(C)C(=O)N1C[C@H](O)C[C@H]1C(=O)N[C@@H](CCC(N)=O)C(=O)NC(C)(C)C(=O)N1C[C@H](O)C[C@H]1C(=O)NC(C)(C)C(=O)N[C@H](CO)Cc1ccccc1)C(C)C. The van der Waals surface area contributed by atoms with Crippen molar-refractivity contribution in [3.05, 3.63) is 71.8 Å². The highest BCUT2D eigenvalue weighted by molar-refractivity contribution is 6.03. The van der Waals surface area contributed by atoms with Crippen molar-refractivity contribution in [1.82, 2.24) is 78.9 Å². The number of carbonyl (C=O) groups is 16. The van der Waals surface area contributed by atoms with Crippen molar-refractivity contribution < 1.29 is 92.0 Å². The molecule has 0 aromatic heterocycles.